The van der Waals surface area contributed by atoms with Gasteiger partial charge < -0.3 is 10.6 Å². The van der Waals surface area contributed by atoms with Gasteiger partial charge in [0, 0.05) is 28.4 Å². The minimum Gasteiger partial charge on any atom is -0.343 e. The topological polar surface area (TPSA) is 136 Å². The van der Waals surface area contributed by atoms with E-state index in [0.717, 1.165) is 32.7 Å². The zero-order valence-electron chi connectivity index (χ0n) is 21.0. The summed E-state index contributed by atoms with van der Waals surface area (Å²) >= 11 is 7.26. The smallest absolute Gasteiger partial charge is 0.253 e. The lowest BCUT2D eigenvalue weighted by atomic mass is 10.1. The van der Waals surface area contributed by atoms with Gasteiger partial charge in [0.1, 0.15) is 11.0 Å². The molecule has 0 fully saturated rings. The Labute approximate surface area is 229 Å². The van der Waals surface area contributed by atoms with E-state index in [9.17, 15) is 18.0 Å². The number of nitrogens with zero attached hydrogens (tertiary/aromatic N) is 4. The van der Waals surface area contributed by atoms with Crippen molar-refractivity contribution in [2.24, 2.45) is 0 Å². The van der Waals surface area contributed by atoms with Crippen LogP contribution in [0.2, 0.25) is 5.15 Å². The highest BCUT2D eigenvalue weighted by atomic mass is 35.5. The van der Waals surface area contributed by atoms with Crippen LogP contribution in [0.25, 0.3) is 22.5 Å². The van der Waals surface area contributed by atoms with Gasteiger partial charge in [0.2, 0.25) is 15.9 Å². The van der Waals surface area contributed by atoms with Crippen LogP contribution in [0.4, 0.5) is 5.13 Å². The third-order valence-corrected chi connectivity index (χ3v) is 8.64. The van der Waals surface area contributed by atoms with Crippen molar-refractivity contribution in [2.45, 2.75) is 32.9 Å². The lowest BCUT2D eigenvalue weighted by molar-refractivity contribution is -0.115. The van der Waals surface area contributed by atoms with E-state index in [1.165, 1.54) is 31.3 Å². The van der Waals surface area contributed by atoms with Crippen LogP contribution in [0, 0.1) is 13.8 Å². The molecule has 0 radical (unpaired) electrons. The number of carbonyl (C=O) groups is 2. The molecule has 0 aliphatic heterocycles. The lowest BCUT2D eigenvalue weighted by Gasteiger charge is -2.09. The van der Waals surface area contributed by atoms with E-state index in [2.05, 4.69) is 25.6 Å². The molecule has 2 amide bonds. The van der Waals surface area contributed by atoms with Gasteiger partial charge in [-0.25, -0.2) is 27.3 Å². The maximum atomic E-state index is 12.5. The van der Waals surface area contributed by atoms with Crippen molar-refractivity contribution >= 4 is 49.9 Å². The molecule has 0 spiro atoms. The summed E-state index contributed by atoms with van der Waals surface area (Å²) in [4.78, 5) is 38.2. The number of aryl methyl sites for hydroxylation is 2. The summed E-state index contributed by atoms with van der Waals surface area (Å²) in [5, 5.41) is 6.48. The van der Waals surface area contributed by atoms with Gasteiger partial charge >= 0.3 is 0 Å². The summed E-state index contributed by atoms with van der Waals surface area (Å²) in [6, 6.07) is 10.9. The second kappa shape index (κ2) is 11.0. The first-order chi connectivity index (χ1) is 17.9. The molecule has 13 heteroatoms. The molecule has 3 heterocycles. The second-order valence-corrected chi connectivity index (χ2v) is 12.3. The number of hydrogen-bond acceptors (Lipinski definition) is 8. The number of carbonyl (C=O) groups excluding carboxylic acids is 2. The number of nitrogens with one attached hydrogen (secondary N) is 2. The first kappa shape index (κ1) is 27.4. The number of hydrogen-bond donors (Lipinski definition) is 2. The predicted octanol–water partition coefficient (Wildman–Crippen LogP) is 4.29. The number of aromatic nitrogens is 4. The first-order valence-electron chi connectivity index (χ1n) is 11.5. The molecular formula is C25H25ClN6O4S2. The Morgan fingerprint density at radius 1 is 1.05 bits per heavy atom. The fraction of sp³-hybridized carbons (Fsp3) is 0.240. The monoisotopic (exact) mass is 572 g/mol. The number of rotatable bonds is 8. The molecule has 0 aliphatic rings. The Kier molecular flexibility index (Phi) is 7.95. The normalized spacial score (nSPS) is 11.5. The van der Waals surface area contributed by atoms with Crippen molar-refractivity contribution in [1.29, 1.82) is 0 Å². The van der Waals surface area contributed by atoms with Crippen molar-refractivity contribution < 1.29 is 18.0 Å². The molecule has 0 bridgehead atoms. The van der Waals surface area contributed by atoms with Crippen LogP contribution in [0.3, 0.4) is 0 Å². The van der Waals surface area contributed by atoms with Gasteiger partial charge in [-0.15, -0.1) is 11.3 Å². The highest BCUT2D eigenvalue weighted by Crippen LogP contribution is 2.28. The number of halogens is 1. The summed E-state index contributed by atoms with van der Waals surface area (Å²) in [5.74, 6) is -0.427. The van der Waals surface area contributed by atoms with E-state index in [1.54, 1.807) is 0 Å². The van der Waals surface area contributed by atoms with Crippen LogP contribution in [-0.4, -0.2) is 51.0 Å². The quantitative estimate of drug-likeness (QED) is 0.321. The minimum absolute atomic E-state index is 0.0255. The summed E-state index contributed by atoms with van der Waals surface area (Å²) in [6.07, 6.45) is 1.14. The number of amides is 2. The largest absolute Gasteiger partial charge is 0.343 e. The molecule has 0 saturated carbocycles. The molecule has 0 aliphatic carbocycles. The van der Waals surface area contributed by atoms with Crippen molar-refractivity contribution in [3.8, 4) is 22.5 Å². The third kappa shape index (κ3) is 6.09. The van der Waals surface area contributed by atoms with Gasteiger partial charge in [-0.2, -0.15) is 0 Å². The fourth-order valence-electron chi connectivity index (χ4n) is 3.56. The maximum Gasteiger partial charge on any atom is 0.253 e. The molecule has 0 unspecified atom stereocenters. The molecule has 1 aromatic carbocycles. The van der Waals surface area contributed by atoms with E-state index in [0.29, 0.717) is 16.6 Å². The average Bonchev–Trinajstić information content (AvgIpc) is 3.49. The zero-order chi connectivity index (χ0) is 27.6. The molecular weight excluding hydrogens is 548 g/mol. The van der Waals surface area contributed by atoms with Crippen LogP contribution in [-0.2, 0) is 14.8 Å². The van der Waals surface area contributed by atoms with E-state index < -0.39 is 27.1 Å². The molecule has 0 saturated heterocycles. The van der Waals surface area contributed by atoms with Crippen molar-refractivity contribution in [1.82, 2.24) is 24.2 Å². The van der Waals surface area contributed by atoms with Crippen LogP contribution in [0.1, 0.15) is 35.7 Å². The van der Waals surface area contributed by atoms with Crippen molar-refractivity contribution in [3.63, 3.8) is 0 Å². The Morgan fingerprint density at radius 3 is 2.45 bits per heavy atom. The number of benzene rings is 1. The molecule has 4 aromatic rings. The zero-order valence-corrected chi connectivity index (χ0v) is 23.4. The number of thiazole rings is 1. The van der Waals surface area contributed by atoms with E-state index in [-0.39, 0.29) is 17.3 Å². The lowest BCUT2D eigenvalue weighted by Crippen LogP contribution is -2.32. The molecule has 0 atom stereocenters. The fourth-order valence-corrected chi connectivity index (χ4v) is 5.76. The molecule has 2 N–H and O–H groups in total. The summed E-state index contributed by atoms with van der Waals surface area (Å²) in [5.41, 5.74) is 4.19. The highest BCUT2D eigenvalue weighted by molar-refractivity contribution is 7.90. The standard InChI is InChI=1S/C25H25ClN6O4S2/c1-14(2)38(35,36)32-12-19(10-22(32)26)24(34)27-11-23(33)31-25-30-21(13-37-25)18-7-5-6-17(9-18)20-8-15(3)28-16(4)29-20/h5-10,12-14H,11H2,1-4H3,(H,27,34)(H,30,31,33). The molecule has 38 heavy (non-hydrogen) atoms. The summed E-state index contributed by atoms with van der Waals surface area (Å²) in [7, 11) is -3.72. The van der Waals surface area contributed by atoms with Gasteiger partial charge in [0.05, 0.1) is 28.7 Å². The Balaban J connectivity index is 1.39. The molecule has 10 nitrogen and oxygen atoms in total. The van der Waals surface area contributed by atoms with Crippen LogP contribution in [0.15, 0.2) is 48.0 Å². The average molecular weight is 573 g/mol. The summed E-state index contributed by atoms with van der Waals surface area (Å²) in [6.45, 7) is 6.45. The van der Waals surface area contributed by atoms with Gasteiger partial charge in [0.15, 0.2) is 5.13 Å². The third-order valence-electron chi connectivity index (χ3n) is 5.45. The SMILES string of the molecule is Cc1cc(-c2cccc(-c3csc(NC(=O)CNC(=O)c4cc(Cl)n(S(=O)(=O)C(C)C)c4)n3)c2)nc(C)n1. The van der Waals surface area contributed by atoms with Gasteiger partial charge in [-0.05, 0) is 45.9 Å². The Morgan fingerprint density at radius 2 is 1.76 bits per heavy atom. The van der Waals surface area contributed by atoms with Gasteiger partial charge in [-0.1, -0.05) is 29.8 Å². The van der Waals surface area contributed by atoms with E-state index in [1.807, 2.05) is 49.6 Å². The van der Waals surface area contributed by atoms with E-state index in [4.69, 9.17) is 11.6 Å². The second-order valence-electron chi connectivity index (χ2n) is 8.73. The van der Waals surface area contributed by atoms with Gasteiger partial charge in [-0.3, -0.25) is 9.59 Å². The highest BCUT2D eigenvalue weighted by Gasteiger charge is 2.23. The predicted molar refractivity (Wildman–Crippen MR) is 148 cm³/mol. The number of anilines is 1. The van der Waals surface area contributed by atoms with Crippen molar-refractivity contribution in [3.05, 3.63) is 70.2 Å². The minimum atomic E-state index is -3.72. The molecule has 4 rings (SSSR count). The van der Waals surface area contributed by atoms with Crippen molar-refractivity contribution in [2.75, 3.05) is 11.9 Å². The summed E-state index contributed by atoms with van der Waals surface area (Å²) < 4.78 is 25.6. The molecule has 198 valence electrons. The maximum absolute atomic E-state index is 12.5. The Hall–Kier alpha value is -3.61. The van der Waals surface area contributed by atoms with Crippen LogP contribution in [0.5, 0.6) is 0 Å². The molecule has 3 aromatic heterocycles. The van der Waals surface area contributed by atoms with Gasteiger partial charge in [0.25, 0.3) is 5.91 Å². The first-order valence-corrected chi connectivity index (χ1v) is 14.3. The Bertz CT molecular complexity index is 1610. The van der Waals surface area contributed by atoms with Crippen LogP contribution < -0.4 is 10.6 Å². The van der Waals surface area contributed by atoms with E-state index >= 15 is 0 Å². The van der Waals surface area contributed by atoms with Crippen LogP contribution >= 0.6 is 22.9 Å².